The van der Waals surface area contributed by atoms with E-state index in [1.54, 1.807) is 37.1 Å². The van der Waals surface area contributed by atoms with E-state index in [2.05, 4.69) is 16.0 Å². The first-order valence-electron chi connectivity index (χ1n) is 11.7. The molecule has 0 radical (unpaired) electrons. The van der Waals surface area contributed by atoms with Gasteiger partial charge in [0.05, 0.1) is 16.2 Å². The number of aromatic nitrogens is 2. The molecule has 4 aromatic rings. The van der Waals surface area contributed by atoms with Gasteiger partial charge < -0.3 is 14.8 Å². The number of amides is 1. The molecular weight excluding hydrogens is 460 g/mol. The third-order valence-electron chi connectivity index (χ3n) is 6.47. The molecule has 0 spiro atoms. The van der Waals surface area contributed by atoms with Crippen molar-refractivity contribution in [2.45, 2.75) is 25.7 Å². The van der Waals surface area contributed by atoms with Gasteiger partial charge in [0.2, 0.25) is 0 Å². The molecule has 0 saturated heterocycles. The minimum absolute atomic E-state index is 0.0242. The Labute approximate surface area is 206 Å². The van der Waals surface area contributed by atoms with Crippen LogP contribution >= 0.6 is 0 Å². The molecule has 35 heavy (non-hydrogen) atoms. The normalized spacial score (nSPS) is 12.1. The number of benzene rings is 2. The molecule has 2 aromatic carbocycles. The Morgan fingerprint density at radius 3 is 2.49 bits per heavy atom. The summed E-state index contributed by atoms with van der Waals surface area (Å²) in [6.07, 6.45) is 1.81. The van der Waals surface area contributed by atoms with Gasteiger partial charge in [-0.25, -0.2) is 13.4 Å². The van der Waals surface area contributed by atoms with Crippen molar-refractivity contribution in [2.75, 3.05) is 40.0 Å². The highest BCUT2D eigenvalue weighted by Crippen LogP contribution is 2.38. The number of nitrogens with zero attached hydrogens (tertiary/aromatic N) is 3. The van der Waals surface area contributed by atoms with Gasteiger partial charge in [0, 0.05) is 42.7 Å². The van der Waals surface area contributed by atoms with Gasteiger partial charge >= 0.3 is 0 Å². The van der Waals surface area contributed by atoms with Crippen LogP contribution in [0.1, 0.15) is 28.4 Å². The van der Waals surface area contributed by atoms with Crippen molar-refractivity contribution in [1.82, 2.24) is 19.8 Å². The first-order chi connectivity index (χ1) is 16.5. The summed E-state index contributed by atoms with van der Waals surface area (Å²) in [7, 11) is 2.38. The predicted molar refractivity (Wildman–Crippen MR) is 142 cm³/mol. The Hall–Kier alpha value is -3.23. The van der Waals surface area contributed by atoms with Gasteiger partial charge in [-0.05, 0) is 74.5 Å². The number of likely N-dealkylation sites (N-methyl/N-ethyl adjacent to an activating group) is 2. The van der Waals surface area contributed by atoms with Gasteiger partial charge in [-0.1, -0.05) is 19.1 Å². The Kier molecular flexibility index (Phi) is 6.71. The number of fused-ring (bicyclic) bond motifs is 3. The molecule has 7 nitrogen and oxygen atoms in total. The number of nitrogens with one attached hydrogen (secondary N) is 1. The summed E-state index contributed by atoms with van der Waals surface area (Å²) in [6.45, 7) is 6.92. The number of H-pyrrole nitrogens is 1. The molecule has 184 valence electrons. The predicted octanol–water partition coefficient (Wildman–Crippen LogP) is 4.43. The molecule has 8 heteroatoms. The lowest BCUT2D eigenvalue weighted by molar-refractivity contribution is 0.0785. The quantitative estimate of drug-likeness (QED) is 0.413. The molecule has 4 rings (SSSR count). The second-order valence-corrected chi connectivity index (χ2v) is 11.6. The van der Waals surface area contributed by atoms with Gasteiger partial charge in [-0.3, -0.25) is 4.79 Å². The summed E-state index contributed by atoms with van der Waals surface area (Å²) in [6, 6.07) is 10.9. The minimum Gasteiger partial charge on any atom is -0.340 e. The van der Waals surface area contributed by atoms with Crippen molar-refractivity contribution < 1.29 is 13.2 Å². The third-order valence-corrected chi connectivity index (χ3v) is 8.20. The third kappa shape index (κ3) is 4.68. The van der Waals surface area contributed by atoms with Crippen LogP contribution in [0.5, 0.6) is 0 Å². The number of aromatic amines is 1. The van der Waals surface area contributed by atoms with Gasteiger partial charge in [-0.2, -0.15) is 0 Å². The van der Waals surface area contributed by atoms with Crippen LogP contribution in [0, 0.1) is 13.8 Å². The van der Waals surface area contributed by atoms with Gasteiger partial charge in [0.15, 0.2) is 9.84 Å². The molecule has 0 atom stereocenters. The molecule has 2 aromatic heterocycles. The molecule has 2 heterocycles. The lowest BCUT2D eigenvalue weighted by Gasteiger charge is -2.21. The fourth-order valence-corrected chi connectivity index (χ4v) is 5.25. The van der Waals surface area contributed by atoms with Crippen molar-refractivity contribution >= 4 is 37.7 Å². The number of carbonyl (C=O) groups excluding carboxylic acids is 1. The molecule has 0 aliphatic heterocycles. The smallest absolute Gasteiger partial charge is 0.254 e. The zero-order chi connectivity index (χ0) is 25.5. The minimum atomic E-state index is -3.38. The second kappa shape index (κ2) is 9.43. The maximum Gasteiger partial charge on any atom is 0.254 e. The summed E-state index contributed by atoms with van der Waals surface area (Å²) < 4.78 is 25.2. The molecule has 0 unspecified atom stereocenters. The van der Waals surface area contributed by atoms with Crippen LogP contribution in [0.3, 0.4) is 0 Å². The zero-order valence-electron chi connectivity index (χ0n) is 21.1. The van der Waals surface area contributed by atoms with Crippen LogP contribution in [-0.2, 0) is 9.84 Å². The monoisotopic (exact) mass is 492 g/mol. The number of rotatable bonds is 7. The van der Waals surface area contributed by atoms with E-state index in [1.807, 2.05) is 51.2 Å². The van der Waals surface area contributed by atoms with Crippen molar-refractivity contribution in [3.8, 4) is 11.1 Å². The molecule has 1 N–H and O–H groups in total. The molecule has 0 saturated carbocycles. The van der Waals surface area contributed by atoms with E-state index < -0.39 is 9.84 Å². The number of hydrogen-bond acceptors (Lipinski definition) is 5. The first-order valence-corrected chi connectivity index (χ1v) is 13.3. The zero-order valence-corrected chi connectivity index (χ0v) is 22.0. The molecule has 0 fully saturated rings. The van der Waals surface area contributed by atoms with E-state index in [0.29, 0.717) is 12.1 Å². The summed E-state index contributed by atoms with van der Waals surface area (Å²) in [4.78, 5) is 25.6. The van der Waals surface area contributed by atoms with Crippen LogP contribution in [0.2, 0.25) is 0 Å². The first kappa shape index (κ1) is 24.9. The topological polar surface area (TPSA) is 86.4 Å². The average Bonchev–Trinajstić information content (AvgIpc) is 3.21. The molecule has 0 aliphatic carbocycles. The van der Waals surface area contributed by atoms with Crippen molar-refractivity contribution in [3.05, 3.63) is 59.3 Å². The molecular formula is C27H32N4O3S. The maximum atomic E-state index is 13.5. The largest absolute Gasteiger partial charge is 0.340 e. The highest BCUT2D eigenvalue weighted by molar-refractivity contribution is 7.91. The maximum absolute atomic E-state index is 13.5. The van der Waals surface area contributed by atoms with E-state index in [-0.39, 0.29) is 16.6 Å². The van der Waals surface area contributed by atoms with E-state index in [9.17, 15) is 13.2 Å². The van der Waals surface area contributed by atoms with Crippen molar-refractivity contribution in [2.24, 2.45) is 0 Å². The van der Waals surface area contributed by atoms with Gasteiger partial charge in [0.25, 0.3) is 5.91 Å². The number of pyridine rings is 1. The Morgan fingerprint density at radius 1 is 1.06 bits per heavy atom. The fourth-order valence-electron chi connectivity index (χ4n) is 4.33. The number of sulfone groups is 1. The number of hydrogen-bond donors (Lipinski definition) is 1. The fraction of sp³-hybridized carbons (Fsp3) is 0.333. The van der Waals surface area contributed by atoms with Gasteiger partial charge in [-0.15, -0.1) is 0 Å². The molecule has 0 aliphatic rings. The number of aryl methyl sites for hydroxylation is 2. The average molecular weight is 493 g/mol. The Bertz CT molecular complexity index is 1540. The number of carbonyl (C=O) groups is 1. The van der Waals surface area contributed by atoms with E-state index in [0.717, 1.165) is 50.7 Å². The van der Waals surface area contributed by atoms with Crippen molar-refractivity contribution in [1.29, 1.82) is 0 Å². The SMILES string of the molecule is CCS(=O)(=O)c1cccc(-c2cc(C(=O)N(C)CCN(C)C)c(C)c3[nH]c4ncc(C)cc4c23)c1. The van der Waals surface area contributed by atoms with E-state index in [1.165, 1.54) is 0 Å². The lowest BCUT2D eigenvalue weighted by atomic mass is 9.93. The summed E-state index contributed by atoms with van der Waals surface area (Å²) in [5.41, 5.74) is 5.58. The van der Waals surface area contributed by atoms with Gasteiger partial charge in [0.1, 0.15) is 5.65 Å². The van der Waals surface area contributed by atoms with Crippen LogP contribution in [0.4, 0.5) is 0 Å². The highest BCUT2D eigenvalue weighted by atomic mass is 32.2. The second-order valence-electron chi connectivity index (χ2n) is 9.34. The summed E-state index contributed by atoms with van der Waals surface area (Å²) in [5.74, 6) is -0.0521. The van der Waals surface area contributed by atoms with Crippen LogP contribution in [-0.4, -0.2) is 74.1 Å². The summed E-state index contributed by atoms with van der Waals surface area (Å²) in [5, 5.41) is 1.88. The van der Waals surface area contributed by atoms with E-state index >= 15 is 0 Å². The summed E-state index contributed by atoms with van der Waals surface area (Å²) >= 11 is 0. The Morgan fingerprint density at radius 2 is 1.80 bits per heavy atom. The van der Waals surface area contributed by atoms with Crippen LogP contribution in [0.15, 0.2) is 47.5 Å². The van der Waals surface area contributed by atoms with Crippen LogP contribution < -0.4 is 0 Å². The lowest BCUT2D eigenvalue weighted by Crippen LogP contribution is -2.33. The van der Waals surface area contributed by atoms with Crippen molar-refractivity contribution in [3.63, 3.8) is 0 Å². The van der Waals surface area contributed by atoms with E-state index in [4.69, 9.17) is 0 Å². The highest BCUT2D eigenvalue weighted by Gasteiger charge is 2.23. The standard InChI is InChI=1S/C27H32N4O3S/c1-7-35(33,34)20-10-8-9-19(14-20)22-15-21(27(32)31(6)12-11-30(4)5)18(3)25-24(22)23-13-17(2)16-28-26(23)29-25/h8-10,13-16H,7,11-12H2,1-6H3,(H,28,29). The molecule has 1 amide bonds. The van der Waals surface area contributed by atoms with Crippen LogP contribution in [0.25, 0.3) is 33.1 Å². The Balaban J connectivity index is 2.01. The molecule has 0 bridgehead atoms.